The molecule has 0 aromatic carbocycles. The van der Waals surface area contributed by atoms with Crippen molar-refractivity contribution in [2.24, 2.45) is 0 Å². The molecule has 10 nitrogen and oxygen atoms in total. The number of nitrogen functional groups attached to an aromatic ring is 1. The van der Waals surface area contributed by atoms with E-state index in [1.807, 2.05) is 4.90 Å². The average molecular weight is 528 g/mol. The number of thiophene rings is 1. The number of nitrogens with two attached hydrogens (primary N) is 1. The molecule has 2 atom stereocenters. The van der Waals surface area contributed by atoms with Gasteiger partial charge in [-0.2, -0.15) is 15.2 Å². The Morgan fingerprint density at radius 1 is 1.14 bits per heavy atom. The van der Waals surface area contributed by atoms with Crippen LogP contribution in [-0.4, -0.2) is 81.7 Å². The number of halogens is 1. The molecule has 2 aromatic rings. The minimum absolute atomic E-state index is 0.112. The van der Waals surface area contributed by atoms with Crippen molar-refractivity contribution in [2.75, 3.05) is 50.0 Å². The Hall–Kier alpha value is -2.75. The van der Waals surface area contributed by atoms with Crippen LogP contribution in [0.2, 0.25) is 0 Å². The Morgan fingerprint density at radius 2 is 1.89 bits per heavy atom. The number of aromatic nitrogens is 3. The number of aryl methyl sites for hydroxylation is 1. The third-order valence-electron chi connectivity index (χ3n) is 8.86. The first-order chi connectivity index (χ1) is 17.8. The molecular formula is C25H30FN7O3S. The summed E-state index contributed by atoms with van der Waals surface area (Å²) in [4.78, 5) is 19.0. The lowest BCUT2D eigenvalue weighted by molar-refractivity contribution is 0.0782. The van der Waals surface area contributed by atoms with Gasteiger partial charge in [-0.05, 0) is 50.6 Å². The van der Waals surface area contributed by atoms with Gasteiger partial charge in [0.25, 0.3) is 0 Å². The van der Waals surface area contributed by atoms with Crippen LogP contribution >= 0.6 is 11.3 Å². The first kappa shape index (κ1) is 23.4. The summed E-state index contributed by atoms with van der Waals surface area (Å²) in [5.41, 5.74) is 6.57. The maximum atomic E-state index is 14.2. The lowest BCUT2D eigenvalue weighted by Gasteiger charge is -2.48. The number of nitriles is 1. The minimum atomic E-state index is -0.839. The smallest absolute Gasteiger partial charge is 0.324 e. The van der Waals surface area contributed by atoms with Crippen molar-refractivity contribution in [3.63, 3.8) is 0 Å². The van der Waals surface area contributed by atoms with E-state index in [-0.39, 0.29) is 29.6 Å². The maximum Gasteiger partial charge on any atom is 0.324 e. The van der Waals surface area contributed by atoms with Crippen LogP contribution in [-0.2, 0) is 11.8 Å². The fourth-order valence-corrected chi connectivity index (χ4v) is 7.84. The third kappa shape index (κ3) is 3.82. The highest BCUT2D eigenvalue weighted by Crippen LogP contribution is 2.52. The second kappa shape index (κ2) is 8.12. The molecule has 3 saturated heterocycles. The molecule has 37 heavy (non-hydrogen) atoms. The molecular weight excluding hydrogens is 497 g/mol. The van der Waals surface area contributed by atoms with Crippen molar-refractivity contribution in [3.8, 4) is 18.1 Å². The summed E-state index contributed by atoms with van der Waals surface area (Å²) in [5.74, 6) is 0.444. The van der Waals surface area contributed by atoms with Gasteiger partial charge < -0.3 is 25.2 Å². The molecule has 0 bridgehead atoms. The Kier molecular flexibility index (Phi) is 5.13. The first-order valence-electron chi connectivity index (χ1n) is 13.0. The van der Waals surface area contributed by atoms with Gasteiger partial charge in [0.05, 0.1) is 16.7 Å². The van der Waals surface area contributed by atoms with E-state index >= 15 is 0 Å². The quantitative estimate of drug-likeness (QED) is 0.550. The lowest BCUT2D eigenvalue weighted by Crippen LogP contribution is -2.59. The molecule has 196 valence electrons. The predicted octanol–water partition coefficient (Wildman–Crippen LogP) is 1.95. The number of ether oxygens (including phenoxy) is 2. The second-order valence-corrected chi connectivity index (χ2v) is 12.6. The SMILES string of the molecule is N#Cc1c(N)sc2c1C1(CC2)CN(c2nc(OCC3(O)CC3)nc(OC[C@@]34CCCN3C[C@H](F)C4)n2)C1. The van der Waals surface area contributed by atoms with Crippen LogP contribution in [0.4, 0.5) is 15.3 Å². The van der Waals surface area contributed by atoms with Gasteiger partial charge in [-0.1, -0.05) is 0 Å². The third-order valence-corrected chi connectivity index (χ3v) is 9.94. The monoisotopic (exact) mass is 527 g/mol. The van der Waals surface area contributed by atoms with Gasteiger partial charge in [0.1, 0.15) is 30.5 Å². The summed E-state index contributed by atoms with van der Waals surface area (Å²) < 4.78 is 26.1. The zero-order chi connectivity index (χ0) is 25.4. The van der Waals surface area contributed by atoms with E-state index in [0.717, 1.165) is 37.8 Å². The van der Waals surface area contributed by atoms with E-state index in [2.05, 4.69) is 25.9 Å². The number of aliphatic hydroxyl groups is 1. The van der Waals surface area contributed by atoms with E-state index in [0.29, 0.717) is 62.0 Å². The van der Waals surface area contributed by atoms with Crippen LogP contribution in [0.3, 0.4) is 0 Å². The number of nitrogens with zero attached hydrogens (tertiary/aromatic N) is 6. The molecule has 1 saturated carbocycles. The molecule has 2 aromatic heterocycles. The summed E-state index contributed by atoms with van der Waals surface area (Å²) in [7, 11) is 0. The molecule has 4 fully saturated rings. The highest BCUT2D eigenvalue weighted by atomic mass is 32.1. The number of hydrogen-bond donors (Lipinski definition) is 2. The average Bonchev–Trinajstić information content (AvgIpc) is 3.13. The van der Waals surface area contributed by atoms with E-state index in [1.165, 1.54) is 16.2 Å². The Bertz CT molecular complexity index is 1290. The van der Waals surface area contributed by atoms with Crippen molar-refractivity contribution < 1.29 is 19.0 Å². The highest BCUT2D eigenvalue weighted by Gasteiger charge is 2.53. The van der Waals surface area contributed by atoms with E-state index < -0.39 is 11.8 Å². The Balaban J connectivity index is 1.12. The van der Waals surface area contributed by atoms with Crippen LogP contribution in [0.5, 0.6) is 12.0 Å². The molecule has 1 spiro atoms. The molecule has 5 heterocycles. The van der Waals surface area contributed by atoms with Crippen LogP contribution < -0.4 is 20.1 Å². The minimum Gasteiger partial charge on any atom is -0.461 e. The number of alkyl halides is 1. The van der Waals surface area contributed by atoms with Gasteiger partial charge in [0.15, 0.2) is 0 Å². The normalized spacial score (nSPS) is 28.6. The second-order valence-electron chi connectivity index (χ2n) is 11.5. The fraction of sp³-hybridized carbons (Fsp3) is 0.680. The highest BCUT2D eigenvalue weighted by molar-refractivity contribution is 7.16. The summed E-state index contributed by atoms with van der Waals surface area (Å²) in [6.45, 7) is 3.10. The molecule has 12 heteroatoms. The van der Waals surface area contributed by atoms with E-state index in [9.17, 15) is 14.8 Å². The lowest BCUT2D eigenvalue weighted by atomic mass is 9.74. The molecule has 0 unspecified atom stereocenters. The molecule has 2 aliphatic carbocycles. The van der Waals surface area contributed by atoms with E-state index in [1.54, 1.807) is 0 Å². The van der Waals surface area contributed by atoms with Crippen LogP contribution in [0.25, 0.3) is 0 Å². The van der Waals surface area contributed by atoms with Gasteiger partial charge in [-0.25, -0.2) is 4.39 Å². The molecule has 3 N–H and O–H groups in total. The summed E-state index contributed by atoms with van der Waals surface area (Å²) in [5, 5.41) is 20.5. The van der Waals surface area contributed by atoms with Gasteiger partial charge in [-0.3, -0.25) is 4.90 Å². The number of fused-ring (bicyclic) bond motifs is 3. The fourth-order valence-electron chi connectivity index (χ4n) is 6.70. The standard InChI is InChI=1S/C25H30FN7O3S/c26-15-8-24(3-1-7-33(24)10-15)13-35-21-29-20(30-22(31-21)36-14-25(34)5-6-25)32-11-23(12-32)4-2-17-18(23)16(9-27)19(28)37-17/h15,34H,1-8,10-14,28H2/t15-,24+/m1/s1. The number of hydrogen-bond acceptors (Lipinski definition) is 11. The number of anilines is 2. The van der Waals surface area contributed by atoms with Crippen molar-refractivity contribution in [3.05, 3.63) is 16.0 Å². The van der Waals surface area contributed by atoms with Gasteiger partial charge in [0, 0.05) is 36.3 Å². The molecule has 5 aliphatic rings. The zero-order valence-electron chi connectivity index (χ0n) is 20.6. The van der Waals surface area contributed by atoms with Gasteiger partial charge in [0.2, 0.25) is 5.95 Å². The predicted molar refractivity (Wildman–Crippen MR) is 134 cm³/mol. The Morgan fingerprint density at radius 3 is 2.62 bits per heavy atom. The zero-order valence-corrected chi connectivity index (χ0v) is 21.4. The summed E-state index contributed by atoms with van der Waals surface area (Å²) >= 11 is 1.52. The van der Waals surface area contributed by atoms with Crippen LogP contribution in [0, 0.1) is 11.3 Å². The van der Waals surface area contributed by atoms with Gasteiger partial charge >= 0.3 is 12.0 Å². The molecule has 0 amide bonds. The first-order valence-corrected chi connectivity index (χ1v) is 13.8. The largest absolute Gasteiger partial charge is 0.461 e. The van der Waals surface area contributed by atoms with Crippen LogP contribution in [0.1, 0.15) is 54.5 Å². The Labute approximate surface area is 218 Å². The van der Waals surface area contributed by atoms with Crippen molar-refractivity contribution in [1.29, 1.82) is 5.26 Å². The number of rotatable bonds is 7. The van der Waals surface area contributed by atoms with Crippen molar-refractivity contribution >= 4 is 22.3 Å². The van der Waals surface area contributed by atoms with Crippen LogP contribution in [0.15, 0.2) is 0 Å². The summed E-state index contributed by atoms with van der Waals surface area (Å²) in [6, 6.07) is 2.57. The molecule has 7 rings (SSSR count). The van der Waals surface area contributed by atoms with E-state index in [4.69, 9.17) is 15.2 Å². The van der Waals surface area contributed by atoms with Gasteiger partial charge in [-0.15, -0.1) is 16.3 Å². The topological polar surface area (TPSA) is 134 Å². The van der Waals surface area contributed by atoms with Crippen molar-refractivity contribution in [1.82, 2.24) is 19.9 Å². The molecule has 3 aliphatic heterocycles. The van der Waals surface area contributed by atoms with Crippen molar-refractivity contribution in [2.45, 2.75) is 67.7 Å². The molecule has 0 radical (unpaired) electrons. The summed E-state index contributed by atoms with van der Waals surface area (Å²) in [6.07, 6.45) is 4.82. The maximum absolute atomic E-state index is 14.2.